The molecule has 1 atom stereocenters. The Morgan fingerprint density at radius 2 is 2.38 bits per heavy atom. The summed E-state index contributed by atoms with van der Waals surface area (Å²) < 4.78 is 7.28. The predicted molar refractivity (Wildman–Crippen MR) is 69.0 cm³/mol. The largest absolute Gasteiger partial charge is 0.367 e. The number of hydrogen-bond donors (Lipinski definition) is 1. The number of aromatic amines is 1. The molecule has 0 aliphatic carbocycles. The quantitative estimate of drug-likeness (QED) is 0.850. The number of halogens is 1. The van der Waals surface area contributed by atoms with Crippen LogP contribution in [0.25, 0.3) is 0 Å². The number of nitrogens with zero attached hydrogens (tertiary/aromatic N) is 1. The van der Waals surface area contributed by atoms with E-state index in [1.807, 2.05) is 0 Å². The first-order valence-electron chi connectivity index (χ1n) is 5.50. The summed E-state index contributed by atoms with van der Waals surface area (Å²) >= 11 is 8.71. The first-order valence-corrected chi connectivity index (χ1v) is 6.70. The molecule has 1 aliphatic heterocycles. The van der Waals surface area contributed by atoms with Gasteiger partial charge in [0.1, 0.15) is 16.1 Å². The molecule has 0 saturated carbocycles. The number of nitrogens with one attached hydrogen (secondary N) is 1. The fourth-order valence-corrected chi connectivity index (χ4v) is 2.65. The standard InChI is InChI=1S/C11H15BrN2OS/c1-3-7-8(12)9(16)14-10(13-7)11(2)5-4-6-15-11/h3-6H2,1-2H3,(H,13,14,16). The summed E-state index contributed by atoms with van der Waals surface area (Å²) in [4.78, 5) is 7.76. The number of rotatable bonds is 2. The van der Waals surface area contributed by atoms with Crippen molar-refractivity contribution in [1.82, 2.24) is 9.97 Å². The SMILES string of the molecule is CCc1[nH]c(C2(C)CCCO2)nc(=S)c1Br. The molecular weight excluding hydrogens is 288 g/mol. The first-order chi connectivity index (χ1) is 7.57. The Labute approximate surface area is 109 Å². The van der Waals surface area contributed by atoms with E-state index < -0.39 is 0 Å². The van der Waals surface area contributed by atoms with E-state index >= 15 is 0 Å². The lowest BCUT2D eigenvalue weighted by molar-refractivity contribution is 0.00903. The summed E-state index contributed by atoms with van der Waals surface area (Å²) in [6, 6.07) is 0. The van der Waals surface area contributed by atoms with Crippen LogP contribution in [0.1, 0.15) is 38.2 Å². The van der Waals surface area contributed by atoms with Crippen LogP contribution in [0.4, 0.5) is 0 Å². The van der Waals surface area contributed by atoms with E-state index in [-0.39, 0.29) is 5.60 Å². The van der Waals surface area contributed by atoms with Crippen LogP contribution in [0.15, 0.2) is 4.47 Å². The minimum atomic E-state index is -0.293. The van der Waals surface area contributed by atoms with Gasteiger partial charge >= 0.3 is 0 Å². The van der Waals surface area contributed by atoms with Crippen LogP contribution in [0.5, 0.6) is 0 Å². The molecule has 1 aliphatic rings. The minimum absolute atomic E-state index is 0.293. The van der Waals surface area contributed by atoms with Gasteiger partial charge in [-0.3, -0.25) is 0 Å². The van der Waals surface area contributed by atoms with Crippen LogP contribution < -0.4 is 0 Å². The van der Waals surface area contributed by atoms with Crippen LogP contribution in [0, 0.1) is 4.64 Å². The van der Waals surface area contributed by atoms with Gasteiger partial charge in [0.15, 0.2) is 0 Å². The highest BCUT2D eigenvalue weighted by atomic mass is 79.9. The Morgan fingerprint density at radius 1 is 1.62 bits per heavy atom. The van der Waals surface area contributed by atoms with Crippen molar-refractivity contribution < 1.29 is 4.74 Å². The predicted octanol–water partition coefficient (Wildman–Crippen LogP) is 3.49. The Hall–Kier alpha value is -0.260. The summed E-state index contributed by atoms with van der Waals surface area (Å²) in [6.07, 6.45) is 2.97. The number of H-pyrrole nitrogens is 1. The highest BCUT2D eigenvalue weighted by Gasteiger charge is 2.34. The second kappa shape index (κ2) is 4.55. The lowest BCUT2D eigenvalue weighted by Crippen LogP contribution is -2.24. The van der Waals surface area contributed by atoms with E-state index in [1.54, 1.807) is 0 Å². The molecule has 1 N–H and O–H groups in total. The monoisotopic (exact) mass is 302 g/mol. The van der Waals surface area contributed by atoms with Crippen molar-refractivity contribution in [2.75, 3.05) is 6.61 Å². The van der Waals surface area contributed by atoms with Crippen LogP contribution in [-0.4, -0.2) is 16.6 Å². The van der Waals surface area contributed by atoms with E-state index in [0.717, 1.165) is 41.9 Å². The molecule has 0 amide bonds. The van der Waals surface area contributed by atoms with E-state index in [1.165, 1.54) is 0 Å². The molecule has 0 radical (unpaired) electrons. The van der Waals surface area contributed by atoms with Crippen molar-refractivity contribution in [3.63, 3.8) is 0 Å². The minimum Gasteiger partial charge on any atom is -0.367 e. The summed E-state index contributed by atoms with van der Waals surface area (Å²) in [6.45, 7) is 4.96. The zero-order valence-electron chi connectivity index (χ0n) is 9.47. The number of aromatic nitrogens is 2. The molecule has 5 heteroatoms. The van der Waals surface area contributed by atoms with Gasteiger partial charge in [-0.15, -0.1) is 0 Å². The topological polar surface area (TPSA) is 37.9 Å². The Balaban J connectivity index is 2.50. The molecule has 1 fully saturated rings. The van der Waals surface area contributed by atoms with Gasteiger partial charge in [0.05, 0.1) is 4.47 Å². The van der Waals surface area contributed by atoms with Crippen molar-refractivity contribution >= 4 is 28.1 Å². The maximum Gasteiger partial charge on any atom is 0.144 e. The molecule has 0 aromatic carbocycles. The van der Waals surface area contributed by atoms with E-state index in [4.69, 9.17) is 17.0 Å². The molecule has 1 unspecified atom stereocenters. The zero-order chi connectivity index (χ0) is 11.8. The molecule has 2 heterocycles. The Morgan fingerprint density at radius 3 is 2.94 bits per heavy atom. The fourth-order valence-electron chi connectivity index (χ4n) is 1.97. The van der Waals surface area contributed by atoms with Crippen molar-refractivity contribution in [2.24, 2.45) is 0 Å². The van der Waals surface area contributed by atoms with Gasteiger partial charge in [-0.1, -0.05) is 19.1 Å². The van der Waals surface area contributed by atoms with Crippen molar-refractivity contribution in [2.45, 2.75) is 38.7 Å². The Kier molecular flexibility index (Phi) is 3.47. The van der Waals surface area contributed by atoms with E-state index in [0.29, 0.717) is 4.64 Å². The summed E-state index contributed by atoms with van der Waals surface area (Å²) in [7, 11) is 0. The number of aryl methyl sites for hydroxylation is 1. The van der Waals surface area contributed by atoms with Crippen LogP contribution in [-0.2, 0) is 16.8 Å². The van der Waals surface area contributed by atoms with Crippen molar-refractivity contribution in [3.05, 3.63) is 20.6 Å². The van der Waals surface area contributed by atoms with Gasteiger partial charge in [-0.25, -0.2) is 4.98 Å². The van der Waals surface area contributed by atoms with Gasteiger partial charge in [-0.2, -0.15) is 0 Å². The molecule has 2 rings (SSSR count). The van der Waals surface area contributed by atoms with Gasteiger partial charge in [0.25, 0.3) is 0 Å². The normalized spacial score (nSPS) is 24.9. The number of ether oxygens (including phenoxy) is 1. The second-order valence-corrected chi connectivity index (χ2v) is 5.40. The highest BCUT2D eigenvalue weighted by Crippen LogP contribution is 2.34. The van der Waals surface area contributed by atoms with Crippen molar-refractivity contribution in [3.8, 4) is 0 Å². The summed E-state index contributed by atoms with van der Waals surface area (Å²) in [5.74, 6) is 0.857. The molecule has 88 valence electrons. The lowest BCUT2D eigenvalue weighted by atomic mass is 10.0. The molecular formula is C11H15BrN2OS. The molecule has 3 nitrogen and oxygen atoms in total. The fraction of sp³-hybridized carbons (Fsp3) is 0.636. The second-order valence-electron chi connectivity index (χ2n) is 4.22. The van der Waals surface area contributed by atoms with Crippen LogP contribution >= 0.6 is 28.1 Å². The van der Waals surface area contributed by atoms with E-state index in [2.05, 4.69) is 39.7 Å². The third-order valence-electron chi connectivity index (χ3n) is 3.01. The van der Waals surface area contributed by atoms with Gasteiger partial charge < -0.3 is 9.72 Å². The molecule has 16 heavy (non-hydrogen) atoms. The average Bonchev–Trinajstić information content (AvgIpc) is 2.70. The molecule has 1 aromatic heterocycles. The number of hydrogen-bond acceptors (Lipinski definition) is 3. The van der Waals surface area contributed by atoms with Crippen LogP contribution in [0.3, 0.4) is 0 Å². The van der Waals surface area contributed by atoms with Gasteiger partial charge in [0.2, 0.25) is 0 Å². The van der Waals surface area contributed by atoms with Crippen LogP contribution in [0.2, 0.25) is 0 Å². The zero-order valence-corrected chi connectivity index (χ0v) is 11.9. The third-order valence-corrected chi connectivity index (χ3v) is 4.42. The van der Waals surface area contributed by atoms with Gasteiger partial charge in [-0.05, 0) is 42.1 Å². The lowest BCUT2D eigenvalue weighted by Gasteiger charge is -2.23. The molecule has 0 spiro atoms. The van der Waals surface area contributed by atoms with E-state index in [9.17, 15) is 0 Å². The summed E-state index contributed by atoms with van der Waals surface area (Å²) in [5.41, 5.74) is 0.796. The molecule has 1 aromatic rings. The summed E-state index contributed by atoms with van der Waals surface area (Å²) in [5, 5.41) is 0. The highest BCUT2D eigenvalue weighted by molar-refractivity contribution is 9.10. The van der Waals surface area contributed by atoms with Crippen molar-refractivity contribution in [1.29, 1.82) is 0 Å². The molecule has 1 saturated heterocycles. The maximum atomic E-state index is 5.77. The third kappa shape index (κ3) is 2.08. The Bertz CT molecular complexity index is 452. The molecule has 0 bridgehead atoms. The maximum absolute atomic E-state index is 5.77. The smallest absolute Gasteiger partial charge is 0.144 e. The first kappa shape index (κ1) is 12.2. The average molecular weight is 303 g/mol. The van der Waals surface area contributed by atoms with Gasteiger partial charge in [0, 0.05) is 12.3 Å².